The van der Waals surface area contributed by atoms with Crippen LogP contribution in [0.15, 0.2) is 48.7 Å². The molecular weight excluding hydrogens is 490 g/mol. The molecule has 0 radical (unpaired) electrons. The molecular formula is C26H27ClF2N4O3. The number of nitrogens with two attached hydrogens (primary N) is 1. The molecule has 1 atom stereocenters. The number of rotatable bonds is 8. The quantitative estimate of drug-likeness (QED) is 0.430. The van der Waals surface area contributed by atoms with Crippen molar-refractivity contribution in [1.29, 1.82) is 0 Å². The Bertz CT molecular complexity index is 1240. The van der Waals surface area contributed by atoms with Gasteiger partial charge in [0.1, 0.15) is 17.7 Å². The Labute approximate surface area is 213 Å². The summed E-state index contributed by atoms with van der Waals surface area (Å²) in [5.74, 6) is -1.36. The van der Waals surface area contributed by atoms with Crippen molar-refractivity contribution in [1.82, 2.24) is 15.2 Å². The monoisotopic (exact) mass is 516 g/mol. The van der Waals surface area contributed by atoms with Crippen LogP contribution in [0.25, 0.3) is 11.1 Å². The summed E-state index contributed by atoms with van der Waals surface area (Å²) < 4.78 is 39.4. The molecule has 0 bridgehead atoms. The fraction of sp³-hybridized carbons (Fsp3) is 0.308. The van der Waals surface area contributed by atoms with Crippen LogP contribution in [0.4, 0.5) is 14.6 Å². The molecule has 2 aromatic carbocycles. The molecule has 1 aliphatic rings. The van der Waals surface area contributed by atoms with Gasteiger partial charge in [0, 0.05) is 49.1 Å². The first-order valence-electron chi connectivity index (χ1n) is 11.6. The highest BCUT2D eigenvalue weighted by atomic mass is 35.5. The number of amides is 1. The van der Waals surface area contributed by atoms with Crippen molar-refractivity contribution in [3.63, 3.8) is 0 Å². The molecule has 0 saturated carbocycles. The molecule has 0 aliphatic carbocycles. The zero-order valence-corrected chi connectivity index (χ0v) is 20.5. The van der Waals surface area contributed by atoms with Gasteiger partial charge in [-0.1, -0.05) is 23.7 Å². The van der Waals surface area contributed by atoms with Crippen molar-refractivity contribution in [2.75, 3.05) is 45.1 Å². The molecule has 1 unspecified atom stereocenters. The van der Waals surface area contributed by atoms with Gasteiger partial charge in [0.2, 0.25) is 0 Å². The molecule has 2 heterocycles. The van der Waals surface area contributed by atoms with Crippen LogP contribution in [0.1, 0.15) is 28.9 Å². The van der Waals surface area contributed by atoms with Gasteiger partial charge < -0.3 is 20.5 Å². The summed E-state index contributed by atoms with van der Waals surface area (Å²) in [6, 6.07) is 10.7. The number of anilines is 1. The highest BCUT2D eigenvalue weighted by molar-refractivity contribution is 6.31. The van der Waals surface area contributed by atoms with E-state index in [1.54, 1.807) is 30.5 Å². The number of ether oxygens (including phenoxy) is 2. The fourth-order valence-electron chi connectivity index (χ4n) is 3.97. The van der Waals surface area contributed by atoms with Gasteiger partial charge >= 0.3 is 0 Å². The minimum Gasteiger partial charge on any atom is -0.482 e. The van der Waals surface area contributed by atoms with E-state index in [0.29, 0.717) is 30.9 Å². The lowest BCUT2D eigenvalue weighted by atomic mass is 10.0. The van der Waals surface area contributed by atoms with Crippen LogP contribution < -0.4 is 15.8 Å². The Morgan fingerprint density at radius 3 is 2.72 bits per heavy atom. The van der Waals surface area contributed by atoms with Crippen LogP contribution in [-0.2, 0) is 4.74 Å². The van der Waals surface area contributed by atoms with E-state index in [0.717, 1.165) is 37.3 Å². The van der Waals surface area contributed by atoms with E-state index >= 15 is 0 Å². The van der Waals surface area contributed by atoms with Crippen molar-refractivity contribution in [2.24, 2.45) is 0 Å². The summed E-state index contributed by atoms with van der Waals surface area (Å²) in [6.07, 6.45) is 0.619. The highest BCUT2D eigenvalue weighted by Gasteiger charge is 2.21. The van der Waals surface area contributed by atoms with Crippen LogP contribution in [-0.4, -0.2) is 55.2 Å². The van der Waals surface area contributed by atoms with Crippen LogP contribution in [0.2, 0.25) is 5.02 Å². The lowest BCUT2D eigenvalue weighted by Gasteiger charge is -2.26. The number of morpholine rings is 1. The van der Waals surface area contributed by atoms with Gasteiger partial charge in [0.25, 0.3) is 5.91 Å². The minimum atomic E-state index is -0.934. The van der Waals surface area contributed by atoms with Crippen molar-refractivity contribution < 1.29 is 23.0 Å². The van der Waals surface area contributed by atoms with Crippen molar-refractivity contribution in [2.45, 2.75) is 13.0 Å². The van der Waals surface area contributed by atoms with E-state index in [1.165, 1.54) is 6.92 Å². The summed E-state index contributed by atoms with van der Waals surface area (Å²) in [5.41, 5.74) is 7.72. The van der Waals surface area contributed by atoms with E-state index in [9.17, 15) is 13.6 Å². The smallest absolute Gasteiger partial charge is 0.251 e. The number of pyridine rings is 1. The largest absolute Gasteiger partial charge is 0.482 e. The van der Waals surface area contributed by atoms with Gasteiger partial charge in [-0.2, -0.15) is 0 Å². The lowest BCUT2D eigenvalue weighted by Crippen LogP contribution is -2.41. The van der Waals surface area contributed by atoms with Crippen molar-refractivity contribution in [3.05, 3.63) is 76.4 Å². The second kappa shape index (κ2) is 11.6. The van der Waals surface area contributed by atoms with Crippen molar-refractivity contribution in [3.8, 4) is 16.9 Å². The highest BCUT2D eigenvalue weighted by Crippen LogP contribution is 2.34. The van der Waals surface area contributed by atoms with Gasteiger partial charge in [-0.25, -0.2) is 13.8 Å². The Kier molecular flexibility index (Phi) is 8.35. The summed E-state index contributed by atoms with van der Waals surface area (Å²) in [4.78, 5) is 19.1. The van der Waals surface area contributed by atoms with Crippen LogP contribution in [0, 0.1) is 11.6 Å². The predicted molar refractivity (Wildman–Crippen MR) is 134 cm³/mol. The number of nitrogens with one attached hydrogen (secondary N) is 1. The zero-order chi connectivity index (χ0) is 25.7. The maximum Gasteiger partial charge on any atom is 0.251 e. The Balaban J connectivity index is 1.47. The number of benzene rings is 2. The second-order valence-electron chi connectivity index (χ2n) is 8.42. The summed E-state index contributed by atoms with van der Waals surface area (Å²) in [5, 5.41) is 2.59. The Morgan fingerprint density at radius 2 is 1.94 bits per heavy atom. The molecule has 7 nitrogen and oxygen atoms in total. The fourth-order valence-corrected chi connectivity index (χ4v) is 4.27. The summed E-state index contributed by atoms with van der Waals surface area (Å²) >= 11 is 5.97. The molecule has 3 aromatic rings. The van der Waals surface area contributed by atoms with Crippen LogP contribution >= 0.6 is 11.6 Å². The number of aromatic nitrogens is 1. The van der Waals surface area contributed by atoms with E-state index in [-0.39, 0.29) is 28.1 Å². The third kappa shape index (κ3) is 6.10. The Hall–Kier alpha value is -3.27. The molecule has 36 heavy (non-hydrogen) atoms. The first-order chi connectivity index (χ1) is 17.3. The molecule has 1 aromatic heterocycles. The van der Waals surface area contributed by atoms with Gasteiger partial charge in [-0.15, -0.1) is 0 Å². The number of carbonyl (C=O) groups is 1. The summed E-state index contributed by atoms with van der Waals surface area (Å²) in [7, 11) is 0. The molecule has 10 heteroatoms. The maximum atomic E-state index is 14.3. The zero-order valence-electron chi connectivity index (χ0n) is 19.8. The number of hydrogen-bond donors (Lipinski definition) is 2. The number of nitrogen functional groups attached to an aromatic ring is 1. The molecule has 1 aliphatic heterocycles. The van der Waals surface area contributed by atoms with E-state index in [2.05, 4.69) is 15.2 Å². The van der Waals surface area contributed by atoms with E-state index in [1.807, 2.05) is 6.07 Å². The minimum absolute atomic E-state index is 0.0792. The first kappa shape index (κ1) is 25.8. The Morgan fingerprint density at radius 1 is 1.19 bits per heavy atom. The second-order valence-corrected chi connectivity index (χ2v) is 8.79. The number of halogens is 3. The average Bonchev–Trinajstić information content (AvgIpc) is 2.88. The molecule has 1 saturated heterocycles. The van der Waals surface area contributed by atoms with Gasteiger partial charge in [0.05, 0.1) is 18.2 Å². The maximum absolute atomic E-state index is 14.3. The topological polar surface area (TPSA) is 89.7 Å². The summed E-state index contributed by atoms with van der Waals surface area (Å²) in [6.45, 7) is 5.96. The van der Waals surface area contributed by atoms with Crippen molar-refractivity contribution >= 4 is 23.3 Å². The third-order valence-electron chi connectivity index (χ3n) is 5.95. The van der Waals surface area contributed by atoms with Gasteiger partial charge in [-0.05, 0) is 42.8 Å². The number of carbonyl (C=O) groups excluding carboxylic acids is 1. The van der Waals surface area contributed by atoms with Crippen LogP contribution in [0.3, 0.4) is 0 Å². The molecule has 190 valence electrons. The van der Waals surface area contributed by atoms with Gasteiger partial charge in [-0.3, -0.25) is 9.69 Å². The molecule has 4 rings (SSSR count). The molecule has 1 fully saturated rings. The van der Waals surface area contributed by atoms with E-state index in [4.69, 9.17) is 26.8 Å². The number of nitrogens with zero attached hydrogens (tertiary/aromatic N) is 2. The lowest BCUT2D eigenvalue weighted by molar-refractivity contribution is 0.0383. The average molecular weight is 517 g/mol. The van der Waals surface area contributed by atoms with E-state index < -0.39 is 17.7 Å². The normalized spacial score (nSPS) is 14.9. The number of hydrogen-bond acceptors (Lipinski definition) is 6. The van der Waals surface area contributed by atoms with Crippen LogP contribution in [0.5, 0.6) is 5.75 Å². The SMILES string of the molecule is CC(Oc1cc(-c2cccc(C(=O)NCCN3CCOCC3)c2)cnc1N)c1c(F)ccc(F)c1Cl. The third-order valence-corrected chi connectivity index (χ3v) is 6.33. The molecule has 3 N–H and O–H groups in total. The van der Waals surface area contributed by atoms with Gasteiger partial charge in [0.15, 0.2) is 11.6 Å². The predicted octanol–water partition coefficient (Wildman–Crippen LogP) is 4.46. The first-order valence-corrected chi connectivity index (χ1v) is 12.0. The molecule has 0 spiro atoms. The molecule has 1 amide bonds. The standard InChI is InChI=1S/C26H27ClF2N4O3/c1-16(23-20(28)5-6-21(29)24(23)27)36-22-14-19(15-32-25(22)30)17-3-2-4-18(13-17)26(34)31-7-8-33-9-11-35-12-10-33/h2-6,13-16H,7-12H2,1H3,(H2,30,32)(H,31,34).